The predicted molar refractivity (Wildman–Crippen MR) is 96.8 cm³/mol. The molecule has 1 amide bonds. The standard InChI is InChI=1S/C20H20N2O4/c1-13-7-6-8-14(2)19(13)25-12-18(23)26-15(3)20(24)22-17-10-5-4-9-16(17)11-21/h4-10,15H,12H2,1-3H3,(H,22,24)/t15-/m0/s1. The lowest BCUT2D eigenvalue weighted by atomic mass is 10.1. The molecule has 0 aliphatic rings. The number of nitrogens with zero attached hydrogens (tertiary/aromatic N) is 1. The summed E-state index contributed by atoms with van der Waals surface area (Å²) >= 11 is 0. The Kier molecular flexibility index (Phi) is 6.34. The fourth-order valence-electron chi connectivity index (χ4n) is 2.37. The van der Waals surface area contributed by atoms with Crippen LogP contribution in [-0.2, 0) is 14.3 Å². The van der Waals surface area contributed by atoms with E-state index in [1.165, 1.54) is 6.92 Å². The van der Waals surface area contributed by atoms with Crippen molar-refractivity contribution in [2.45, 2.75) is 26.9 Å². The van der Waals surface area contributed by atoms with Crippen molar-refractivity contribution in [3.05, 3.63) is 59.2 Å². The monoisotopic (exact) mass is 352 g/mol. The highest BCUT2D eigenvalue weighted by Gasteiger charge is 2.19. The largest absolute Gasteiger partial charge is 0.481 e. The van der Waals surface area contributed by atoms with E-state index in [4.69, 9.17) is 14.7 Å². The number of esters is 1. The van der Waals surface area contributed by atoms with Gasteiger partial charge in [-0.05, 0) is 44.0 Å². The number of benzene rings is 2. The summed E-state index contributed by atoms with van der Waals surface area (Å²) in [7, 11) is 0. The van der Waals surface area contributed by atoms with Crippen molar-refractivity contribution in [3.8, 4) is 11.8 Å². The van der Waals surface area contributed by atoms with E-state index in [0.717, 1.165) is 11.1 Å². The molecule has 0 heterocycles. The fourth-order valence-corrected chi connectivity index (χ4v) is 2.37. The maximum absolute atomic E-state index is 12.2. The molecule has 2 rings (SSSR count). The molecule has 26 heavy (non-hydrogen) atoms. The Morgan fingerprint density at radius 3 is 2.42 bits per heavy atom. The van der Waals surface area contributed by atoms with Gasteiger partial charge in [-0.2, -0.15) is 5.26 Å². The van der Waals surface area contributed by atoms with Crippen molar-refractivity contribution in [1.82, 2.24) is 0 Å². The molecule has 0 aliphatic carbocycles. The fraction of sp³-hybridized carbons (Fsp3) is 0.250. The lowest BCUT2D eigenvalue weighted by molar-refractivity contribution is -0.155. The second-order valence-electron chi connectivity index (χ2n) is 5.79. The number of nitriles is 1. The zero-order valence-electron chi connectivity index (χ0n) is 14.9. The summed E-state index contributed by atoms with van der Waals surface area (Å²) < 4.78 is 10.6. The van der Waals surface area contributed by atoms with Crippen LogP contribution < -0.4 is 10.1 Å². The number of hydrogen-bond donors (Lipinski definition) is 1. The molecular weight excluding hydrogens is 332 g/mol. The lowest BCUT2D eigenvalue weighted by Crippen LogP contribution is -2.32. The molecule has 1 N–H and O–H groups in total. The Hall–Kier alpha value is -3.33. The summed E-state index contributed by atoms with van der Waals surface area (Å²) in [6.07, 6.45) is -1.02. The summed E-state index contributed by atoms with van der Waals surface area (Å²) in [4.78, 5) is 24.1. The molecule has 0 spiro atoms. The molecule has 0 unspecified atom stereocenters. The molecule has 2 aromatic rings. The molecule has 0 aliphatic heterocycles. The number of aryl methyl sites for hydroxylation is 2. The molecule has 0 saturated heterocycles. The first-order valence-electron chi connectivity index (χ1n) is 8.11. The highest BCUT2D eigenvalue weighted by Crippen LogP contribution is 2.22. The van der Waals surface area contributed by atoms with Crippen molar-refractivity contribution in [1.29, 1.82) is 5.26 Å². The van der Waals surface area contributed by atoms with E-state index in [2.05, 4.69) is 5.32 Å². The third-order valence-electron chi connectivity index (χ3n) is 3.73. The van der Waals surface area contributed by atoms with E-state index in [1.54, 1.807) is 24.3 Å². The predicted octanol–water partition coefficient (Wildman–Crippen LogP) is 3.12. The smallest absolute Gasteiger partial charge is 0.344 e. The Morgan fingerprint density at radius 1 is 1.12 bits per heavy atom. The molecule has 2 aromatic carbocycles. The van der Waals surface area contributed by atoms with Crippen molar-refractivity contribution < 1.29 is 19.1 Å². The van der Waals surface area contributed by atoms with Gasteiger partial charge in [0.05, 0.1) is 11.3 Å². The number of ether oxygens (including phenoxy) is 2. The van der Waals surface area contributed by atoms with Gasteiger partial charge in [0.15, 0.2) is 12.7 Å². The molecule has 0 saturated carbocycles. The van der Waals surface area contributed by atoms with Gasteiger partial charge in [0.1, 0.15) is 11.8 Å². The summed E-state index contributed by atoms with van der Waals surface area (Å²) in [5.74, 6) is -0.540. The minimum atomic E-state index is -1.02. The summed E-state index contributed by atoms with van der Waals surface area (Å²) in [6.45, 7) is 4.94. The number of rotatable bonds is 6. The van der Waals surface area contributed by atoms with Gasteiger partial charge in [0.25, 0.3) is 5.91 Å². The SMILES string of the molecule is Cc1cccc(C)c1OCC(=O)O[C@@H](C)C(=O)Nc1ccccc1C#N. The Bertz CT molecular complexity index is 835. The molecular formula is C20H20N2O4. The van der Waals surface area contributed by atoms with Crippen molar-refractivity contribution in [2.75, 3.05) is 11.9 Å². The average molecular weight is 352 g/mol. The Balaban J connectivity index is 1.90. The molecule has 134 valence electrons. The Morgan fingerprint density at radius 2 is 1.77 bits per heavy atom. The maximum atomic E-state index is 12.2. The topological polar surface area (TPSA) is 88.4 Å². The van der Waals surface area contributed by atoms with Crippen LogP contribution in [0.4, 0.5) is 5.69 Å². The third-order valence-corrected chi connectivity index (χ3v) is 3.73. The van der Waals surface area contributed by atoms with E-state index in [-0.39, 0.29) is 6.61 Å². The van der Waals surface area contributed by atoms with Crippen LogP contribution in [-0.4, -0.2) is 24.6 Å². The minimum absolute atomic E-state index is 0.294. The van der Waals surface area contributed by atoms with Crippen LogP contribution in [0.1, 0.15) is 23.6 Å². The number of anilines is 1. The minimum Gasteiger partial charge on any atom is -0.481 e. The summed E-state index contributed by atoms with van der Waals surface area (Å²) in [5.41, 5.74) is 2.53. The molecule has 0 aromatic heterocycles. The first-order chi connectivity index (χ1) is 12.4. The van der Waals surface area contributed by atoms with Gasteiger partial charge in [-0.15, -0.1) is 0 Å². The summed E-state index contributed by atoms with van der Waals surface area (Å²) in [5, 5.41) is 11.6. The molecule has 0 bridgehead atoms. The summed E-state index contributed by atoms with van der Waals surface area (Å²) in [6, 6.07) is 14.3. The van der Waals surface area contributed by atoms with Crippen molar-refractivity contribution >= 4 is 17.6 Å². The van der Waals surface area contributed by atoms with Crippen LogP contribution in [0.25, 0.3) is 0 Å². The second-order valence-corrected chi connectivity index (χ2v) is 5.79. The van der Waals surface area contributed by atoms with Crippen LogP contribution in [0.2, 0.25) is 0 Å². The highest BCUT2D eigenvalue weighted by atomic mass is 16.6. The second kappa shape index (κ2) is 8.67. The Labute approximate surface area is 152 Å². The quantitative estimate of drug-likeness (QED) is 0.807. The highest BCUT2D eigenvalue weighted by molar-refractivity contribution is 5.96. The average Bonchev–Trinajstić information content (AvgIpc) is 2.61. The maximum Gasteiger partial charge on any atom is 0.344 e. The van der Waals surface area contributed by atoms with Gasteiger partial charge >= 0.3 is 5.97 Å². The van der Waals surface area contributed by atoms with Gasteiger partial charge < -0.3 is 14.8 Å². The lowest BCUT2D eigenvalue weighted by Gasteiger charge is -2.15. The number of hydrogen-bond acceptors (Lipinski definition) is 5. The number of para-hydroxylation sites is 2. The van der Waals surface area contributed by atoms with Crippen LogP contribution in [0.3, 0.4) is 0 Å². The van der Waals surface area contributed by atoms with E-state index in [0.29, 0.717) is 17.0 Å². The van der Waals surface area contributed by atoms with Gasteiger partial charge in [-0.3, -0.25) is 4.79 Å². The van der Waals surface area contributed by atoms with Gasteiger partial charge in [0, 0.05) is 0 Å². The number of amides is 1. The molecule has 1 atom stereocenters. The van der Waals surface area contributed by atoms with Crippen LogP contribution >= 0.6 is 0 Å². The van der Waals surface area contributed by atoms with Crippen molar-refractivity contribution in [3.63, 3.8) is 0 Å². The van der Waals surface area contributed by atoms with E-state index < -0.39 is 18.0 Å². The zero-order chi connectivity index (χ0) is 19.1. The first kappa shape index (κ1) is 19.0. The molecule has 6 nitrogen and oxygen atoms in total. The van der Waals surface area contributed by atoms with Crippen molar-refractivity contribution in [2.24, 2.45) is 0 Å². The molecule has 0 radical (unpaired) electrons. The first-order valence-corrected chi connectivity index (χ1v) is 8.11. The van der Waals surface area contributed by atoms with E-state index >= 15 is 0 Å². The van der Waals surface area contributed by atoms with E-state index in [1.807, 2.05) is 38.1 Å². The van der Waals surface area contributed by atoms with Crippen LogP contribution in [0, 0.1) is 25.2 Å². The number of carbonyl (C=O) groups excluding carboxylic acids is 2. The van der Waals surface area contributed by atoms with Gasteiger partial charge in [-0.25, -0.2) is 4.79 Å². The van der Waals surface area contributed by atoms with Crippen LogP contribution in [0.15, 0.2) is 42.5 Å². The molecule has 0 fully saturated rings. The van der Waals surface area contributed by atoms with Gasteiger partial charge in [-0.1, -0.05) is 30.3 Å². The third kappa shape index (κ3) is 4.84. The molecule has 6 heteroatoms. The van der Waals surface area contributed by atoms with Crippen LogP contribution in [0.5, 0.6) is 5.75 Å². The van der Waals surface area contributed by atoms with Gasteiger partial charge in [0.2, 0.25) is 0 Å². The van der Waals surface area contributed by atoms with E-state index in [9.17, 15) is 9.59 Å². The zero-order valence-corrected chi connectivity index (χ0v) is 14.9. The number of nitrogens with one attached hydrogen (secondary N) is 1. The number of carbonyl (C=O) groups is 2. The normalized spacial score (nSPS) is 11.2.